The lowest BCUT2D eigenvalue weighted by Gasteiger charge is -2.59. The van der Waals surface area contributed by atoms with Crippen LogP contribution in [0.2, 0.25) is 0 Å². The van der Waals surface area contributed by atoms with Crippen LogP contribution >= 0.6 is 0 Å². The molecule has 36 heavy (non-hydrogen) atoms. The molecule has 2 atom stereocenters. The highest BCUT2D eigenvalue weighted by Crippen LogP contribution is 2.60. The van der Waals surface area contributed by atoms with E-state index in [1.807, 2.05) is 33.8 Å². The van der Waals surface area contributed by atoms with Crippen LogP contribution in [0.25, 0.3) is 6.20 Å². The highest BCUT2D eigenvalue weighted by Gasteiger charge is 2.56. The van der Waals surface area contributed by atoms with Crippen molar-refractivity contribution < 1.29 is 19.1 Å². The molecule has 1 aromatic rings. The Morgan fingerprint density at radius 1 is 1.31 bits per heavy atom. The first kappa shape index (κ1) is 26.2. The van der Waals surface area contributed by atoms with E-state index in [4.69, 9.17) is 15.2 Å². The zero-order valence-electron chi connectivity index (χ0n) is 21.7. The number of amides is 2. The van der Waals surface area contributed by atoms with E-state index in [9.17, 15) is 14.5 Å². The van der Waals surface area contributed by atoms with Gasteiger partial charge in [0, 0.05) is 23.1 Å². The van der Waals surface area contributed by atoms with E-state index in [1.54, 1.807) is 17.1 Å². The summed E-state index contributed by atoms with van der Waals surface area (Å²) in [6.45, 7) is 8.85. The van der Waals surface area contributed by atoms with E-state index in [1.165, 1.54) is 0 Å². The molecular formula is C26H39N5O5. The number of hydrogen-bond donors (Lipinski definition) is 2. The molecule has 1 aromatic heterocycles. The predicted molar refractivity (Wildman–Crippen MR) is 135 cm³/mol. The van der Waals surface area contributed by atoms with Crippen LogP contribution in [0.15, 0.2) is 17.4 Å². The minimum Gasteiger partial charge on any atom is -0.477 e. The van der Waals surface area contributed by atoms with Gasteiger partial charge in [0.05, 0.1) is 26.0 Å². The van der Waals surface area contributed by atoms with Crippen molar-refractivity contribution >= 4 is 18.2 Å². The third kappa shape index (κ3) is 5.73. The fraction of sp³-hybridized carbons (Fsp3) is 0.731. The molecule has 198 valence electrons. The van der Waals surface area contributed by atoms with E-state index in [-0.39, 0.29) is 29.8 Å². The number of carbonyl (C=O) groups is 2. The van der Waals surface area contributed by atoms with Crippen LogP contribution in [-0.4, -0.2) is 47.6 Å². The molecule has 0 radical (unpaired) electrons. The average molecular weight is 502 g/mol. The Hall–Kier alpha value is -2.91. The van der Waals surface area contributed by atoms with Gasteiger partial charge in [-0.25, -0.2) is 9.48 Å². The molecule has 0 aliphatic heterocycles. The van der Waals surface area contributed by atoms with Crippen molar-refractivity contribution in [1.29, 1.82) is 0 Å². The maximum atomic E-state index is 13.5. The first-order chi connectivity index (χ1) is 17.0. The molecule has 10 nitrogen and oxygen atoms in total. The largest absolute Gasteiger partial charge is 0.477 e. The van der Waals surface area contributed by atoms with Crippen molar-refractivity contribution in [3.63, 3.8) is 0 Å². The molecule has 3 N–H and O–H groups in total. The van der Waals surface area contributed by atoms with Crippen LogP contribution in [0.3, 0.4) is 0 Å². The second-order valence-corrected chi connectivity index (χ2v) is 12.2. The summed E-state index contributed by atoms with van der Waals surface area (Å²) in [6.07, 6.45) is 9.47. The number of nitrogens with one attached hydrogen (secondary N) is 1. The Balaban J connectivity index is 1.50. The topological polar surface area (TPSA) is 138 Å². The smallest absolute Gasteiger partial charge is 0.404 e. The third-order valence-corrected chi connectivity index (χ3v) is 7.91. The number of hydrogen-bond acceptors (Lipinski definition) is 7. The summed E-state index contributed by atoms with van der Waals surface area (Å²) in [6, 6.07) is 0.0743. The van der Waals surface area contributed by atoms with Crippen LogP contribution in [0.1, 0.15) is 70.2 Å². The Morgan fingerprint density at radius 2 is 2.00 bits per heavy atom. The van der Waals surface area contributed by atoms with Crippen LogP contribution in [0.4, 0.5) is 4.79 Å². The van der Waals surface area contributed by atoms with Crippen LogP contribution in [-0.2, 0) is 4.74 Å². The van der Waals surface area contributed by atoms with Gasteiger partial charge < -0.3 is 20.5 Å². The molecule has 4 aliphatic carbocycles. The molecule has 5 rings (SSSR count). The lowest BCUT2D eigenvalue weighted by molar-refractivity contribution is -0.0977. The van der Waals surface area contributed by atoms with E-state index in [0.29, 0.717) is 42.4 Å². The Labute approximate surface area is 212 Å². The Morgan fingerprint density at radius 3 is 2.61 bits per heavy atom. The molecule has 0 aromatic carbocycles. The molecule has 4 bridgehead atoms. The fourth-order valence-corrected chi connectivity index (χ4v) is 6.55. The van der Waals surface area contributed by atoms with Gasteiger partial charge in [0.25, 0.3) is 5.91 Å². The number of primary amides is 1. The fourth-order valence-electron chi connectivity index (χ4n) is 6.55. The number of nitrogens with zero attached hydrogens (tertiary/aromatic N) is 3. The zero-order chi connectivity index (χ0) is 26.1. The summed E-state index contributed by atoms with van der Waals surface area (Å²) in [4.78, 5) is 35.5. The lowest BCUT2D eigenvalue weighted by atomic mass is 9.48. The first-order valence-corrected chi connectivity index (χ1v) is 12.9. The van der Waals surface area contributed by atoms with E-state index < -0.39 is 11.5 Å². The molecule has 1 heterocycles. The van der Waals surface area contributed by atoms with Gasteiger partial charge in [-0.1, -0.05) is 38.9 Å². The SMILES string of the molecule is CC(C)COc1c(C(=O)NC2C3CC4CC2CC(COC(N)=O)(C4)C3)cnn1/C=C/C(C)(C)CN=O. The monoisotopic (exact) mass is 501 g/mol. The first-order valence-electron chi connectivity index (χ1n) is 12.9. The maximum absolute atomic E-state index is 13.5. The number of rotatable bonds is 11. The van der Waals surface area contributed by atoms with Gasteiger partial charge in [0.1, 0.15) is 5.56 Å². The van der Waals surface area contributed by atoms with E-state index in [0.717, 1.165) is 32.1 Å². The van der Waals surface area contributed by atoms with Gasteiger partial charge in [-0.15, -0.1) is 0 Å². The number of nitrogens with two attached hydrogens (primary N) is 1. The summed E-state index contributed by atoms with van der Waals surface area (Å²) in [5, 5.41) is 10.7. The van der Waals surface area contributed by atoms with Crippen molar-refractivity contribution in [2.24, 2.45) is 45.4 Å². The van der Waals surface area contributed by atoms with Crippen molar-refractivity contribution in [2.75, 3.05) is 19.8 Å². The summed E-state index contributed by atoms with van der Waals surface area (Å²) in [5.41, 5.74) is 5.17. The van der Waals surface area contributed by atoms with Crippen molar-refractivity contribution in [3.05, 3.63) is 22.7 Å². The minimum absolute atomic E-state index is 0.0167. The van der Waals surface area contributed by atoms with Gasteiger partial charge in [-0.05, 0) is 55.8 Å². The summed E-state index contributed by atoms with van der Waals surface area (Å²) < 4.78 is 12.8. The van der Waals surface area contributed by atoms with Gasteiger partial charge in [0.2, 0.25) is 5.88 Å². The van der Waals surface area contributed by atoms with E-state index in [2.05, 4.69) is 15.6 Å². The highest BCUT2D eigenvalue weighted by molar-refractivity contribution is 5.96. The van der Waals surface area contributed by atoms with Crippen LogP contribution in [0, 0.1) is 39.4 Å². The molecule has 4 aliphatic rings. The number of nitroso groups, excluding NO2 is 1. The number of ether oxygens (including phenoxy) is 2. The van der Waals surface area contributed by atoms with Gasteiger partial charge in [-0.3, -0.25) is 4.79 Å². The number of carbonyl (C=O) groups excluding carboxylic acids is 2. The van der Waals surface area contributed by atoms with Crippen LogP contribution in [0.5, 0.6) is 5.88 Å². The average Bonchev–Trinajstić information content (AvgIpc) is 3.20. The Bertz CT molecular complexity index is 1000. The standard InChI is InChI=1S/C26H39N5O5/c1-16(2)13-35-23-20(12-28-31(23)6-5-25(3,4)14-29-34)22(32)30-21-18-7-17-8-19(21)11-26(9-17,10-18)15-36-24(27)33/h5-6,12,16-19,21H,7-11,13-15H2,1-4H3,(H2,27,33)(H,30,32)/b6-5+. The third-order valence-electron chi connectivity index (χ3n) is 7.91. The van der Waals surface area contributed by atoms with E-state index >= 15 is 0 Å². The molecule has 0 spiro atoms. The van der Waals surface area contributed by atoms with Crippen molar-refractivity contribution in [2.45, 2.75) is 65.8 Å². The van der Waals surface area contributed by atoms with Crippen molar-refractivity contribution in [3.8, 4) is 5.88 Å². The second-order valence-electron chi connectivity index (χ2n) is 12.2. The van der Waals surface area contributed by atoms with Gasteiger partial charge >= 0.3 is 6.09 Å². The lowest BCUT2D eigenvalue weighted by Crippen LogP contribution is -2.60. The number of aromatic nitrogens is 2. The normalized spacial score (nSPS) is 29.0. The second kappa shape index (κ2) is 10.2. The Kier molecular flexibility index (Phi) is 7.43. The minimum atomic E-state index is -0.721. The van der Waals surface area contributed by atoms with Crippen LogP contribution < -0.4 is 15.8 Å². The van der Waals surface area contributed by atoms with Gasteiger partial charge in [-0.2, -0.15) is 10.0 Å². The summed E-state index contributed by atoms with van der Waals surface area (Å²) in [5.74, 6) is 1.78. The highest BCUT2D eigenvalue weighted by atomic mass is 16.5. The molecule has 10 heteroatoms. The molecular weight excluding hydrogens is 462 g/mol. The molecule has 2 unspecified atom stereocenters. The quantitative estimate of drug-likeness (QED) is 0.436. The molecule has 0 saturated heterocycles. The van der Waals surface area contributed by atoms with Crippen molar-refractivity contribution in [1.82, 2.24) is 15.1 Å². The summed E-state index contributed by atoms with van der Waals surface area (Å²) in [7, 11) is 0. The molecule has 4 saturated carbocycles. The molecule has 4 fully saturated rings. The molecule has 2 amide bonds. The summed E-state index contributed by atoms with van der Waals surface area (Å²) >= 11 is 0. The maximum Gasteiger partial charge on any atom is 0.404 e. The predicted octanol–water partition coefficient (Wildman–Crippen LogP) is 4.20. The van der Waals surface area contributed by atoms with Gasteiger partial charge in [0.15, 0.2) is 0 Å². The zero-order valence-corrected chi connectivity index (χ0v) is 21.7.